The summed E-state index contributed by atoms with van der Waals surface area (Å²) in [6.07, 6.45) is 3.07. The number of carbonyl (C=O) groups excluding carboxylic acids is 2. The summed E-state index contributed by atoms with van der Waals surface area (Å²) in [5.74, 6) is 0.438. The molecule has 116 valence electrons. The van der Waals surface area contributed by atoms with Gasteiger partial charge >= 0.3 is 0 Å². The van der Waals surface area contributed by atoms with E-state index < -0.39 is 0 Å². The molecule has 2 amide bonds. The molecule has 2 unspecified atom stereocenters. The van der Waals surface area contributed by atoms with Crippen LogP contribution >= 0.6 is 0 Å². The Kier molecular flexibility index (Phi) is 6.99. The van der Waals surface area contributed by atoms with Gasteiger partial charge in [0.05, 0.1) is 0 Å². The highest BCUT2D eigenvalue weighted by Gasteiger charge is 2.39. The monoisotopic (exact) mass is 284 g/mol. The van der Waals surface area contributed by atoms with E-state index >= 15 is 0 Å². The normalized spacial score (nSPS) is 23.4. The van der Waals surface area contributed by atoms with Crippen molar-refractivity contribution in [2.24, 2.45) is 5.92 Å². The molecule has 0 spiro atoms. The molecule has 1 rings (SSSR count). The third-order valence-corrected chi connectivity index (χ3v) is 3.60. The van der Waals surface area contributed by atoms with Gasteiger partial charge in [0.15, 0.2) is 0 Å². The summed E-state index contributed by atoms with van der Waals surface area (Å²) in [6, 6.07) is -0.675. The van der Waals surface area contributed by atoms with E-state index in [1.807, 2.05) is 6.92 Å². The molecule has 1 heterocycles. The summed E-state index contributed by atoms with van der Waals surface area (Å²) < 4.78 is 5.05. The second kappa shape index (κ2) is 8.25. The first-order valence-electron chi connectivity index (χ1n) is 7.61. The van der Waals surface area contributed by atoms with Gasteiger partial charge in [-0.15, -0.1) is 0 Å². The molecule has 0 saturated carbocycles. The first kappa shape index (κ1) is 17.0. The summed E-state index contributed by atoms with van der Waals surface area (Å²) in [5.41, 5.74) is 0. The van der Waals surface area contributed by atoms with Crippen LogP contribution in [-0.2, 0) is 14.3 Å². The Balaban J connectivity index is 2.79. The average Bonchev–Trinajstić information content (AvgIpc) is 2.38. The summed E-state index contributed by atoms with van der Waals surface area (Å²) in [6.45, 7) is 7.37. The SMILES string of the molecule is CCCC1NC(=O)C(CC(C)C)N(CCCOC)C1=O. The Labute approximate surface area is 122 Å². The molecular weight excluding hydrogens is 256 g/mol. The number of methoxy groups -OCH3 is 1. The van der Waals surface area contributed by atoms with E-state index in [0.717, 1.165) is 12.8 Å². The molecule has 1 aliphatic rings. The molecule has 1 aliphatic heterocycles. The number of hydrogen-bond acceptors (Lipinski definition) is 3. The summed E-state index contributed by atoms with van der Waals surface area (Å²) >= 11 is 0. The van der Waals surface area contributed by atoms with Gasteiger partial charge in [0.2, 0.25) is 11.8 Å². The molecular formula is C15H28N2O3. The maximum absolute atomic E-state index is 12.5. The third kappa shape index (κ3) is 4.47. The molecule has 0 aliphatic carbocycles. The lowest BCUT2D eigenvalue weighted by Crippen LogP contribution is -2.63. The van der Waals surface area contributed by atoms with Gasteiger partial charge in [-0.3, -0.25) is 9.59 Å². The van der Waals surface area contributed by atoms with Crippen LogP contribution in [0.1, 0.15) is 46.5 Å². The van der Waals surface area contributed by atoms with Crippen LogP contribution in [0, 0.1) is 5.92 Å². The van der Waals surface area contributed by atoms with Crippen molar-refractivity contribution in [2.45, 2.75) is 58.5 Å². The molecule has 0 aromatic rings. The number of hydrogen-bond donors (Lipinski definition) is 1. The zero-order chi connectivity index (χ0) is 15.1. The number of nitrogens with zero attached hydrogens (tertiary/aromatic N) is 1. The third-order valence-electron chi connectivity index (χ3n) is 3.60. The van der Waals surface area contributed by atoms with Crippen LogP contribution in [0.2, 0.25) is 0 Å². The molecule has 0 aromatic heterocycles. The Hall–Kier alpha value is -1.10. The molecule has 0 aromatic carbocycles. The first-order chi connectivity index (χ1) is 9.51. The van der Waals surface area contributed by atoms with Gasteiger partial charge in [-0.25, -0.2) is 0 Å². The quantitative estimate of drug-likeness (QED) is 0.688. The van der Waals surface area contributed by atoms with E-state index in [1.165, 1.54) is 0 Å². The lowest BCUT2D eigenvalue weighted by atomic mass is 9.96. The van der Waals surface area contributed by atoms with Crippen LogP contribution in [0.3, 0.4) is 0 Å². The van der Waals surface area contributed by atoms with Crippen molar-refractivity contribution in [1.82, 2.24) is 10.2 Å². The fraction of sp³-hybridized carbons (Fsp3) is 0.867. The summed E-state index contributed by atoms with van der Waals surface area (Å²) in [5, 5.41) is 2.88. The van der Waals surface area contributed by atoms with Gasteiger partial charge in [-0.05, 0) is 25.2 Å². The molecule has 2 atom stereocenters. The maximum Gasteiger partial charge on any atom is 0.245 e. The van der Waals surface area contributed by atoms with E-state index in [-0.39, 0.29) is 23.9 Å². The van der Waals surface area contributed by atoms with Crippen LogP contribution in [0.5, 0.6) is 0 Å². The molecule has 0 radical (unpaired) electrons. The zero-order valence-corrected chi connectivity index (χ0v) is 13.1. The van der Waals surface area contributed by atoms with E-state index in [1.54, 1.807) is 12.0 Å². The van der Waals surface area contributed by atoms with Gasteiger partial charge in [-0.1, -0.05) is 27.2 Å². The second-order valence-electron chi connectivity index (χ2n) is 5.87. The fourth-order valence-corrected chi connectivity index (χ4v) is 2.64. The molecule has 5 heteroatoms. The minimum atomic E-state index is -0.349. The topological polar surface area (TPSA) is 58.6 Å². The number of rotatable bonds is 8. The average molecular weight is 284 g/mol. The van der Waals surface area contributed by atoms with E-state index in [9.17, 15) is 9.59 Å². The zero-order valence-electron chi connectivity index (χ0n) is 13.1. The van der Waals surface area contributed by atoms with Gasteiger partial charge in [0.1, 0.15) is 12.1 Å². The molecule has 5 nitrogen and oxygen atoms in total. The smallest absolute Gasteiger partial charge is 0.245 e. The molecule has 1 fully saturated rings. The van der Waals surface area contributed by atoms with Crippen molar-refractivity contribution in [3.05, 3.63) is 0 Å². The maximum atomic E-state index is 12.5. The van der Waals surface area contributed by atoms with Crippen LogP contribution in [-0.4, -0.2) is 49.1 Å². The Morgan fingerprint density at radius 3 is 2.60 bits per heavy atom. The highest BCUT2D eigenvalue weighted by molar-refractivity contribution is 5.96. The summed E-state index contributed by atoms with van der Waals surface area (Å²) in [4.78, 5) is 26.5. The van der Waals surface area contributed by atoms with E-state index in [2.05, 4.69) is 19.2 Å². The minimum Gasteiger partial charge on any atom is -0.385 e. The molecule has 1 N–H and O–H groups in total. The standard InChI is InChI=1S/C15H28N2O3/c1-5-7-12-15(19)17(8-6-9-20-4)13(10-11(2)3)14(18)16-12/h11-13H,5-10H2,1-4H3,(H,16,18). The highest BCUT2D eigenvalue weighted by Crippen LogP contribution is 2.19. The van der Waals surface area contributed by atoms with Crippen LogP contribution in [0.25, 0.3) is 0 Å². The highest BCUT2D eigenvalue weighted by atomic mass is 16.5. The Morgan fingerprint density at radius 2 is 2.05 bits per heavy atom. The number of ether oxygens (including phenoxy) is 1. The van der Waals surface area contributed by atoms with Gasteiger partial charge in [-0.2, -0.15) is 0 Å². The van der Waals surface area contributed by atoms with Crippen molar-refractivity contribution < 1.29 is 14.3 Å². The first-order valence-corrected chi connectivity index (χ1v) is 7.61. The van der Waals surface area contributed by atoms with Crippen molar-refractivity contribution in [3.63, 3.8) is 0 Å². The second-order valence-corrected chi connectivity index (χ2v) is 5.87. The van der Waals surface area contributed by atoms with E-state index in [0.29, 0.717) is 31.9 Å². The lowest BCUT2D eigenvalue weighted by molar-refractivity contribution is -0.150. The van der Waals surface area contributed by atoms with Crippen molar-refractivity contribution in [2.75, 3.05) is 20.3 Å². The number of amides is 2. The van der Waals surface area contributed by atoms with Gasteiger partial charge < -0.3 is 15.0 Å². The van der Waals surface area contributed by atoms with Gasteiger partial charge in [0, 0.05) is 20.3 Å². The van der Waals surface area contributed by atoms with Gasteiger partial charge in [0.25, 0.3) is 0 Å². The molecule has 20 heavy (non-hydrogen) atoms. The predicted octanol–water partition coefficient (Wildman–Crippen LogP) is 1.56. The van der Waals surface area contributed by atoms with Crippen molar-refractivity contribution in [1.29, 1.82) is 0 Å². The fourth-order valence-electron chi connectivity index (χ4n) is 2.64. The van der Waals surface area contributed by atoms with Crippen LogP contribution in [0.4, 0.5) is 0 Å². The summed E-state index contributed by atoms with van der Waals surface area (Å²) in [7, 11) is 1.65. The lowest BCUT2D eigenvalue weighted by Gasteiger charge is -2.39. The number of piperazine rings is 1. The van der Waals surface area contributed by atoms with Crippen molar-refractivity contribution >= 4 is 11.8 Å². The molecule has 1 saturated heterocycles. The van der Waals surface area contributed by atoms with Crippen LogP contribution < -0.4 is 5.32 Å². The number of carbonyl (C=O) groups is 2. The van der Waals surface area contributed by atoms with Crippen LogP contribution in [0.15, 0.2) is 0 Å². The Bertz CT molecular complexity index is 331. The Morgan fingerprint density at radius 1 is 1.35 bits per heavy atom. The van der Waals surface area contributed by atoms with E-state index in [4.69, 9.17) is 4.74 Å². The molecule has 0 bridgehead atoms. The largest absolute Gasteiger partial charge is 0.385 e. The number of nitrogens with one attached hydrogen (secondary N) is 1. The predicted molar refractivity (Wildman–Crippen MR) is 78.3 cm³/mol. The minimum absolute atomic E-state index is 0.00540. The van der Waals surface area contributed by atoms with Crippen molar-refractivity contribution in [3.8, 4) is 0 Å².